The van der Waals surface area contributed by atoms with E-state index >= 15 is 0 Å². The Balaban J connectivity index is 0.000000140. The molecule has 0 radical (unpaired) electrons. The fraction of sp³-hybridized carbons (Fsp3) is 0.333. The number of nitrogens with zero attached hydrogens (tertiary/aromatic N) is 12. The number of anilines is 4. The average molecular weight is 1140 g/mol. The molecular formula is C60H59F5N14O4. The summed E-state index contributed by atoms with van der Waals surface area (Å²) in [6, 6.07) is 30.0. The number of piperidine rings is 2. The van der Waals surface area contributed by atoms with Gasteiger partial charge in [0.05, 0.1) is 41.0 Å². The highest BCUT2D eigenvalue weighted by Crippen LogP contribution is 2.41. The van der Waals surface area contributed by atoms with E-state index in [4.69, 9.17) is 14.2 Å². The number of ether oxygens (including phenoxy) is 3. The molecule has 4 aliphatic rings. The van der Waals surface area contributed by atoms with Crippen molar-refractivity contribution in [2.24, 2.45) is 0 Å². The molecule has 14 rings (SSSR count). The summed E-state index contributed by atoms with van der Waals surface area (Å²) in [5.74, 6) is 4.14. The maximum atomic E-state index is 14.3. The van der Waals surface area contributed by atoms with Gasteiger partial charge in [-0.15, -0.1) is 0 Å². The third kappa shape index (κ3) is 12.4. The van der Waals surface area contributed by atoms with Crippen LogP contribution in [0, 0.1) is 19.7 Å². The van der Waals surface area contributed by atoms with Gasteiger partial charge in [0.15, 0.2) is 11.3 Å². The van der Waals surface area contributed by atoms with Crippen molar-refractivity contribution in [1.29, 1.82) is 0 Å². The molecular weight excluding hydrogens is 1080 g/mol. The lowest BCUT2D eigenvalue weighted by Gasteiger charge is -2.38. The molecule has 4 fully saturated rings. The first kappa shape index (κ1) is 54.9. The highest BCUT2D eigenvalue weighted by atomic mass is 19.3. The lowest BCUT2D eigenvalue weighted by molar-refractivity contribution is -0.000463. The van der Waals surface area contributed by atoms with Crippen molar-refractivity contribution in [2.45, 2.75) is 114 Å². The lowest BCUT2D eigenvalue weighted by atomic mass is 9.99. The summed E-state index contributed by atoms with van der Waals surface area (Å²) in [5.41, 5.74) is 6.19. The van der Waals surface area contributed by atoms with Gasteiger partial charge in [-0.05, 0) is 149 Å². The van der Waals surface area contributed by atoms with Crippen molar-refractivity contribution < 1.29 is 41.3 Å². The Hall–Kier alpha value is -8.67. The zero-order valence-corrected chi connectivity index (χ0v) is 45.3. The standard InChI is InChI=1S/C30H29F2N7O2.C21H15FN6O.C9H15F2NO/c1-18-11-19(5-8-25(18)40-22-9-10-39-28(14-22)34-17-36-39)37-30-29-24(33-16-35-30)3-2-4-26(29)41-23-12-20-6-7-21(13-23)38(20)15-27(31)32;1-13-9-14(27-21-20-16(22)3-2-4-17(20)23-11-25-21)5-6-18(13)29-15-7-8-28-19(10-15)24-12-26-28;10-9(11)5-12-6-1-2-7(12)4-8(13)3-6/h2-5,8-11,14,16-17,20-21,23,27H,6-7,12-13,15H2,1H3,(H,33,35,37);2-12H,1H3,(H,23,25,27);6-9,13H,1-5H2/t20-,21?,23?;;6-,7+,8?/m0../s1. The Kier molecular flexibility index (Phi) is 15.9. The highest BCUT2D eigenvalue weighted by molar-refractivity contribution is 5.96. The van der Waals surface area contributed by atoms with Crippen molar-refractivity contribution in [3.8, 4) is 28.7 Å². The molecule has 3 unspecified atom stereocenters. The van der Waals surface area contributed by atoms with Gasteiger partial charge in [0.2, 0.25) is 0 Å². The van der Waals surface area contributed by atoms with Crippen LogP contribution in [0.25, 0.3) is 33.1 Å². The number of aromatic nitrogens is 10. The van der Waals surface area contributed by atoms with Crippen LogP contribution < -0.4 is 24.8 Å². The van der Waals surface area contributed by atoms with E-state index < -0.39 is 12.9 Å². The van der Waals surface area contributed by atoms with Crippen LogP contribution in [0.4, 0.5) is 45.0 Å². The highest BCUT2D eigenvalue weighted by Gasteiger charge is 2.43. The molecule has 6 aromatic heterocycles. The first-order chi connectivity index (χ1) is 40.3. The summed E-state index contributed by atoms with van der Waals surface area (Å²) in [7, 11) is 0. The van der Waals surface area contributed by atoms with E-state index in [2.05, 4.69) is 50.7 Å². The molecule has 428 valence electrons. The number of halogens is 5. The summed E-state index contributed by atoms with van der Waals surface area (Å²) in [5, 5.41) is 25.4. The van der Waals surface area contributed by atoms with Crippen LogP contribution in [0.5, 0.6) is 28.7 Å². The Morgan fingerprint density at radius 2 is 1.02 bits per heavy atom. The number of nitrogens with one attached hydrogen (secondary N) is 2. The molecule has 4 bridgehead atoms. The molecule has 10 aromatic rings. The van der Waals surface area contributed by atoms with Gasteiger partial charge in [-0.2, -0.15) is 10.2 Å². The Morgan fingerprint density at radius 3 is 1.53 bits per heavy atom. The van der Waals surface area contributed by atoms with Crippen molar-refractivity contribution in [3.05, 3.63) is 152 Å². The van der Waals surface area contributed by atoms with Crippen molar-refractivity contribution >= 4 is 56.1 Å². The molecule has 4 aromatic carbocycles. The van der Waals surface area contributed by atoms with Crippen LogP contribution in [0.15, 0.2) is 135 Å². The van der Waals surface area contributed by atoms with Crippen LogP contribution in [-0.4, -0.2) is 126 Å². The van der Waals surface area contributed by atoms with Crippen molar-refractivity contribution in [1.82, 2.24) is 58.9 Å². The van der Waals surface area contributed by atoms with Gasteiger partial charge < -0.3 is 30.0 Å². The molecule has 23 heteroatoms. The third-order valence-electron chi connectivity index (χ3n) is 15.8. The maximum Gasteiger partial charge on any atom is 0.251 e. The summed E-state index contributed by atoms with van der Waals surface area (Å²) in [6.45, 7) is 3.66. The number of aliphatic hydroxyl groups excluding tert-OH is 1. The maximum absolute atomic E-state index is 14.3. The number of rotatable bonds is 14. The molecule has 4 aliphatic heterocycles. The van der Waals surface area contributed by atoms with Gasteiger partial charge in [0.25, 0.3) is 12.9 Å². The second-order valence-electron chi connectivity index (χ2n) is 21.3. The summed E-state index contributed by atoms with van der Waals surface area (Å²) < 4.78 is 86.9. The normalized spacial score (nSPS) is 20.4. The fourth-order valence-electron chi connectivity index (χ4n) is 12.0. The molecule has 6 atom stereocenters. The minimum absolute atomic E-state index is 0.0456. The molecule has 4 saturated heterocycles. The second-order valence-corrected chi connectivity index (χ2v) is 21.3. The van der Waals surface area contributed by atoms with Crippen LogP contribution >= 0.6 is 0 Å². The van der Waals surface area contributed by atoms with E-state index in [9.17, 15) is 27.1 Å². The van der Waals surface area contributed by atoms with Gasteiger partial charge >= 0.3 is 0 Å². The molecule has 10 heterocycles. The zero-order valence-electron chi connectivity index (χ0n) is 45.3. The van der Waals surface area contributed by atoms with Crippen LogP contribution in [0.2, 0.25) is 0 Å². The van der Waals surface area contributed by atoms with Gasteiger partial charge in [-0.3, -0.25) is 9.80 Å². The molecule has 0 aliphatic carbocycles. The number of benzene rings is 4. The van der Waals surface area contributed by atoms with Crippen LogP contribution in [0.3, 0.4) is 0 Å². The largest absolute Gasteiger partial charge is 0.489 e. The number of hydrogen-bond acceptors (Lipinski definition) is 16. The number of fused-ring (bicyclic) bond motifs is 8. The first-order valence-corrected chi connectivity index (χ1v) is 27.6. The minimum Gasteiger partial charge on any atom is -0.489 e. The topological polar surface area (TPSA) is 190 Å². The monoisotopic (exact) mass is 1130 g/mol. The van der Waals surface area contributed by atoms with E-state index in [0.29, 0.717) is 69.7 Å². The first-order valence-electron chi connectivity index (χ1n) is 27.6. The zero-order chi connectivity index (χ0) is 57.1. The lowest BCUT2D eigenvalue weighted by Crippen LogP contribution is -2.48. The van der Waals surface area contributed by atoms with Crippen LogP contribution in [0.1, 0.15) is 62.5 Å². The van der Waals surface area contributed by atoms with E-state index in [-0.39, 0.29) is 55.3 Å². The molecule has 18 nitrogen and oxygen atoms in total. The Morgan fingerprint density at radius 1 is 0.542 bits per heavy atom. The van der Waals surface area contributed by atoms with Gasteiger partial charge in [-0.1, -0.05) is 12.1 Å². The summed E-state index contributed by atoms with van der Waals surface area (Å²) in [4.78, 5) is 29.6. The number of hydrogen-bond donors (Lipinski definition) is 3. The van der Waals surface area contributed by atoms with E-state index in [1.165, 1.54) is 31.4 Å². The summed E-state index contributed by atoms with van der Waals surface area (Å²) in [6.07, 6.45) is 11.4. The molecule has 0 amide bonds. The van der Waals surface area contributed by atoms with Gasteiger partial charge in [-0.25, -0.2) is 60.9 Å². The number of aliphatic hydroxyl groups is 1. The molecule has 3 N–H and O–H groups in total. The third-order valence-corrected chi connectivity index (χ3v) is 15.8. The molecule has 0 spiro atoms. The Bertz CT molecular complexity index is 3870. The number of pyridine rings is 2. The van der Waals surface area contributed by atoms with E-state index in [1.54, 1.807) is 33.6 Å². The van der Waals surface area contributed by atoms with Gasteiger partial charge in [0.1, 0.15) is 77.6 Å². The second kappa shape index (κ2) is 24.0. The van der Waals surface area contributed by atoms with Crippen LogP contribution in [-0.2, 0) is 0 Å². The predicted molar refractivity (Wildman–Crippen MR) is 302 cm³/mol. The quantitative estimate of drug-likeness (QED) is 0.0871. The molecule has 83 heavy (non-hydrogen) atoms. The van der Waals surface area contributed by atoms with Gasteiger partial charge in [0, 0.05) is 60.1 Å². The number of alkyl halides is 4. The smallest absolute Gasteiger partial charge is 0.251 e. The molecule has 0 saturated carbocycles. The van der Waals surface area contributed by atoms with Crippen molar-refractivity contribution in [2.75, 3.05) is 23.7 Å². The average Bonchev–Trinajstić information content (AvgIpc) is 4.42. The Labute approximate surface area is 473 Å². The van der Waals surface area contributed by atoms with E-state index in [1.807, 2.05) is 103 Å². The van der Waals surface area contributed by atoms with E-state index in [0.717, 1.165) is 77.7 Å². The van der Waals surface area contributed by atoms with Crippen molar-refractivity contribution in [3.63, 3.8) is 0 Å². The minimum atomic E-state index is -2.31. The fourth-order valence-corrected chi connectivity index (χ4v) is 12.0. The SMILES string of the molecule is Cc1cc(Nc2ncnc3cccc(F)c23)ccc1Oc1ccn2ncnc2c1.Cc1cc(Nc2ncnc3cccc(OC4CC5CC[C@@H](C4)N5CC(F)F)c23)ccc1Oc1ccn2ncnc2c1.OC1C[C@H]2CC[C@@H](C1)N2CC(F)F. The number of aryl methyl sites for hydroxylation is 2. The predicted octanol–water partition coefficient (Wildman–Crippen LogP) is 12.1. The summed E-state index contributed by atoms with van der Waals surface area (Å²) >= 11 is 0.